The van der Waals surface area contributed by atoms with Crippen molar-refractivity contribution in [2.75, 3.05) is 12.4 Å². The molecule has 0 aromatic carbocycles. The zero-order valence-electron chi connectivity index (χ0n) is 3.92. The molecular formula is C3H5HgNOS. The van der Waals surface area contributed by atoms with Gasteiger partial charge in [-0.05, 0) is 11.8 Å². The van der Waals surface area contributed by atoms with Gasteiger partial charge in [-0.3, -0.25) is 0 Å². The number of thiocyanates is 1. The van der Waals surface area contributed by atoms with Gasteiger partial charge in [0.05, 0.1) is 6.61 Å². The van der Waals surface area contributed by atoms with Crippen molar-refractivity contribution >= 4 is 11.8 Å². The van der Waals surface area contributed by atoms with Crippen LogP contribution < -0.4 is 0 Å². The summed E-state index contributed by atoms with van der Waals surface area (Å²) in [6.07, 6.45) is 0. The smallest absolute Gasteiger partial charge is 0.133 e. The first kappa shape index (κ1) is 10.7. The fraction of sp³-hybridized carbons (Fsp3) is 0.667. The Morgan fingerprint density at radius 3 is 2.43 bits per heavy atom. The molecule has 0 saturated carbocycles. The molecule has 0 unspecified atom stereocenters. The van der Waals surface area contributed by atoms with Crippen LogP contribution >= 0.6 is 11.8 Å². The van der Waals surface area contributed by atoms with Crippen LogP contribution in [0.25, 0.3) is 0 Å². The largest absolute Gasteiger partial charge is 0.395 e. The van der Waals surface area contributed by atoms with Crippen LogP contribution in [-0.2, 0) is 27.7 Å². The molecule has 2 nitrogen and oxygen atoms in total. The quantitative estimate of drug-likeness (QED) is 0.450. The third-order valence-corrected chi connectivity index (χ3v) is 0.774. The third kappa shape index (κ3) is 10.8. The summed E-state index contributed by atoms with van der Waals surface area (Å²) >= 11 is 1.06. The molecule has 0 bridgehead atoms. The number of rotatable bonds is 2. The Labute approximate surface area is 67.4 Å². The van der Waals surface area contributed by atoms with Crippen molar-refractivity contribution in [3.05, 3.63) is 0 Å². The Hall–Kier alpha value is 0.735. The number of hydrogen-bond donors (Lipinski definition) is 1. The molecule has 0 spiro atoms. The first-order valence-electron chi connectivity index (χ1n) is 1.53. The van der Waals surface area contributed by atoms with Crippen molar-refractivity contribution in [2.45, 2.75) is 0 Å². The summed E-state index contributed by atoms with van der Waals surface area (Å²) in [5.74, 6) is 0.524. The Morgan fingerprint density at radius 2 is 2.29 bits per heavy atom. The first-order valence-corrected chi connectivity index (χ1v) is 2.52. The predicted molar refractivity (Wildman–Crippen MR) is 25.2 cm³/mol. The van der Waals surface area contributed by atoms with Crippen molar-refractivity contribution < 1.29 is 32.8 Å². The molecular weight excluding hydrogens is 299 g/mol. The van der Waals surface area contributed by atoms with Crippen LogP contribution in [0.1, 0.15) is 0 Å². The zero-order valence-corrected chi connectivity index (χ0v) is 10.2. The van der Waals surface area contributed by atoms with Gasteiger partial charge in [0.25, 0.3) is 0 Å². The Balaban J connectivity index is 0. The average molecular weight is 304 g/mol. The summed E-state index contributed by atoms with van der Waals surface area (Å²) in [4.78, 5) is 0. The molecule has 0 heterocycles. The van der Waals surface area contributed by atoms with E-state index in [9.17, 15) is 0 Å². The standard InChI is InChI=1S/C3H5NOS.Hg/c4-3-6-2-1-5;/h5H,1-2H2;. The zero-order chi connectivity index (χ0) is 4.83. The number of nitrogens with zero attached hydrogens (tertiary/aromatic N) is 1. The van der Waals surface area contributed by atoms with E-state index < -0.39 is 0 Å². The van der Waals surface area contributed by atoms with Crippen molar-refractivity contribution in [1.82, 2.24) is 0 Å². The van der Waals surface area contributed by atoms with Crippen LogP contribution in [-0.4, -0.2) is 17.5 Å². The molecule has 0 fully saturated rings. The van der Waals surface area contributed by atoms with E-state index in [-0.39, 0.29) is 34.3 Å². The van der Waals surface area contributed by atoms with Crippen molar-refractivity contribution in [1.29, 1.82) is 5.26 Å². The van der Waals surface area contributed by atoms with Crippen molar-refractivity contribution in [2.24, 2.45) is 0 Å². The van der Waals surface area contributed by atoms with Crippen LogP contribution in [0.5, 0.6) is 0 Å². The van der Waals surface area contributed by atoms with E-state index in [0.717, 1.165) is 11.8 Å². The number of aliphatic hydroxyl groups excluding tert-OH is 1. The molecule has 0 aliphatic carbocycles. The van der Waals surface area contributed by atoms with E-state index in [1.807, 2.05) is 5.40 Å². The second kappa shape index (κ2) is 9.88. The monoisotopic (exact) mass is 305 g/mol. The van der Waals surface area contributed by atoms with Crippen molar-refractivity contribution in [3.8, 4) is 5.40 Å². The summed E-state index contributed by atoms with van der Waals surface area (Å²) in [5, 5.41) is 17.6. The van der Waals surface area contributed by atoms with Gasteiger partial charge in [-0.15, -0.1) is 0 Å². The molecule has 0 saturated heterocycles. The van der Waals surface area contributed by atoms with E-state index in [4.69, 9.17) is 10.4 Å². The minimum Gasteiger partial charge on any atom is -0.395 e. The minimum atomic E-state index is 0. The molecule has 4 heteroatoms. The summed E-state index contributed by atoms with van der Waals surface area (Å²) < 4.78 is 0. The molecule has 0 rings (SSSR count). The summed E-state index contributed by atoms with van der Waals surface area (Å²) in [7, 11) is 0. The third-order valence-electron chi connectivity index (χ3n) is 0.258. The van der Waals surface area contributed by atoms with Gasteiger partial charge in [-0.25, -0.2) is 0 Å². The van der Waals surface area contributed by atoms with Gasteiger partial charge >= 0.3 is 0 Å². The number of aliphatic hydroxyl groups is 1. The van der Waals surface area contributed by atoms with Gasteiger partial charge in [0, 0.05) is 33.4 Å². The van der Waals surface area contributed by atoms with Gasteiger partial charge in [0.15, 0.2) is 0 Å². The number of thioether (sulfide) groups is 1. The van der Waals surface area contributed by atoms with E-state index in [1.54, 1.807) is 0 Å². The van der Waals surface area contributed by atoms with Gasteiger partial charge in [0.1, 0.15) is 5.40 Å². The second-order valence-corrected chi connectivity index (χ2v) is 1.54. The van der Waals surface area contributed by atoms with Gasteiger partial charge in [0.2, 0.25) is 0 Å². The fourth-order valence-corrected chi connectivity index (χ4v) is 0.274. The maximum atomic E-state index is 8.03. The Kier molecular flexibility index (Phi) is 15.1. The second-order valence-electron chi connectivity index (χ2n) is 0.663. The van der Waals surface area contributed by atoms with Crippen LogP contribution in [0.2, 0.25) is 0 Å². The van der Waals surface area contributed by atoms with Gasteiger partial charge < -0.3 is 5.11 Å². The van der Waals surface area contributed by atoms with Gasteiger partial charge in [-0.2, -0.15) is 5.26 Å². The molecule has 0 aromatic rings. The van der Waals surface area contributed by atoms with E-state index in [0.29, 0.717) is 5.75 Å². The summed E-state index contributed by atoms with van der Waals surface area (Å²) in [5.41, 5.74) is 0. The van der Waals surface area contributed by atoms with Crippen LogP contribution in [0, 0.1) is 10.7 Å². The molecule has 0 aromatic heterocycles. The van der Waals surface area contributed by atoms with E-state index in [1.165, 1.54) is 0 Å². The Morgan fingerprint density at radius 1 is 1.71 bits per heavy atom. The number of nitriles is 1. The molecule has 1 N–H and O–H groups in total. The predicted octanol–water partition coefficient (Wildman–Crippen LogP) is 0.190. The fourth-order valence-electron chi connectivity index (χ4n) is 0.0913. The Bertz CT molecular complexity index is 62.4. The SMILES string of the molecule is N#CSCCO.[Hg]. The summed E-state index contributed by atoms with van der Waals surface area (Å²) in [6.45, 7) is 0.0955. The maximum absolute atomic E-state index is 8.03. The molecule has 0 atom stereocenters. The molecule has 36 valence electrons. The molecule has 0 radical (unpaired) electrons. The summed E-state index contributed by atoms with van der Waals surface area (Å²) in [6, 6.07) is 0. The molecule has 0 aliphatic rings. The maximum Gasteiger partial charge on any atom is 0.133 e. The van der Waals surface area contributed by atoms with Crippen LogP contribution in [0.3, 0.4) is 0 Å². The molecule has 7 heavy (non-hydrogen) atoms. The van der Waals surface area contributed by atoms with Crippen LogP contribution in [0.4, 0.5) is 0 Å². The van der Waals surface area contributed by atoms with E-state index in [2.05, 4.69) is 0 Å². The average Bonchev–Trinajstić information content (AvgIpc) is 1.61. The van der Waals surface area contributed by atoms with Gasteiger partial charge in [-0.1, -0.05) is 0 Å². The topological polar surface area (TPSA) is 44.0 Å². The number of hydrogen-bond acceptors (Lipinski definition) is 3. The van der Waals surface area contributed by atoms with E-state index >= 15 is 0 Å². The van der Waals surface area contributed by atoms with Crippen LogP contribution in [0.15, 0.2) is 0 Å². The molecule has 0 amide bonds. The molecule has 0 aliphatic heterocycles. The minimum absolute atomic E-state index is 0. The van der Waals surface area contributed by atoms with Crippen molar-refractivity contribution in [3.63, 3.8) is 0 Å². The normalized spacial score (nSPS) is 6.29. The first-order chi connectivity index (χ1) is 2.91.